The topological polar surface area (TPSA) is 58.5 Å². The number of hydrogen-bond acceptors (Lipinski definition) is 3. The SMILES string of the molecule is Cc1ccc(C)c(S(=O)(=O)NN=C2CCC(C(C)(C)C)CC2)c1. The number of rotatable bonds is 3. The van der Waals surface area contributed by atoms with Crippen molar-refractivity contribution in [1.82, 2.24) is 4.83 Å². The predicted octanol–water partition coefficient (Wildman–Crippen LogP) is 4.17. The van der Waals surface area contributed by atoms with E-state index in [2.05, 4.69) is 30.7 Å². The van der Waals surface area contributed by atoms with Gasteiger partial charge in [-0.25, -0.2) is 4.83 Å². The lowest BCUT2D eigenvalue weighted by atomic mass is 9.72. The minimum absolute atomic E-state index is 0.309. The molecule has 1 fully saturated rings. The maximum absolute atomic E-state index is 12.5. The van der Waals surface area contributed by atoms with Crippen LogP contribution in [-0.4, -0.2) is 14.1 Å². The molecule has 1 aromatic carbocycles. The van der Waals surface area contributed by atoms with Crippen molar-refractivity contribution in [3.63, 3.8) is 0 Å². The Balaban J connectivity index is 2.07. The van der Waals surface area contributed by atoms with E-state index in [1.165, 1.54) is 0 Å². The number of benzene rings is 1. The summed E-state index contributed by atoms with van der Waals surface area (Å²) in [5, 5.41) is 4.20. The molecule has 0 amide bonds. The molecular formula is C18H28N2O2S. The lowest BCUT2D eigenvalue weighted by Crippen LogP contribution is -2.28. The average molecular weight is 337 g/mol. The summed E-state index contributed by atoms with van der Waals surface area (Å²) in [6.07, 6.45) is 3.90. The van der Waals surface area contributed by atoms with Crippen molar-refractivity contribution in [1.29, 1.82) is 0 Å². The van der Waals surface area contributed by atoms with Crippen LogP contribution in [0.1, 0.15) is 57.6 Å². The molecule has 5 heteroatoms. The zero-order chi connectivity index (χ0) is 17.3. The van der Waals surface area contributed by atoms with E-state index in [1.54, 1.807) is 13.0 Å². The van der Waals surface area contributed by atoms with E-state index < -0.39 is 10.0 Å². The lowest BCUT2D eigenvalue weighted by Gasteiger charge is -2.34. The van der Waals surface area contributed by atoms with E-state index >= 15 is 0 Å². The van der Waals surface area contributed by atoms with E-state index in [1.807, 2.05) is 19.1 Å². The summed E-state index contributed by atoms with van der Waals surface area (Å²) in [6.45, 7) is 10.5. The van der Waals surface area contributed by atoms with Crippen molar-refractivity contribution < 1.29 is 8.42 Å². The van der Waals surface area contributed by atoms with Crippen molar-refractivity contribution >= 4 is 15.7 Å². The molecule has 0 heterocycles. The zero-order valence-electron chi connectivity index (χ0n) is 14.8. The molecule has 0 atom stereocenters. The fourth-order valence-electron chi connectivity index (χ4n) is 3.10. The highest BCUT2D eigenvalue weighted by atomic mass is 32.2. The lowest BCUT2D eigenvalue weighted by molar-refractivity contribution is 0.208. The Morgan fingerprint density at radius 3 is 2.30 bits per heavy atom. The number of nitrogens with zero attached hydrogens (tertiary/aromatic N) is 1. The van der Waals surface area contributed by atoms with Gasteiger partial charge in [0.25, 0.3) is 10.0 Å². The summed E-state index contributed by atoms with van der Waals surface area (Å²) >= 11 is 0. The first-order chi connectivity index (χ1) is 10.6. The molecular weight excluding hydrogens is 308 g/mol. The van der Waals surface area contributed by atoms with Crippen LogP contribution in [-0.2, 0) is 10.0 Å². The van der Waals surface area contributed by atoms with E-state index in [-0.39, 0.29) is 0 Å². The molecule has 0 aromatic heterocycles. The summed E-state index contributed by atoms with van der Waals surface area (Å²) in [5.41, 5.74) is 2.93. The number of hydrazone groups is 1. The monoisotopic (exact) mass is 336 g/mol. The van der Waals surface area contributed by atoms with Crippen LogP contribution in [0.3, 0.4) is 0 Å². The van der Waals surface area contributed by atoms with Crippen LogP contribution in [0.15, 0.2) is 28.2 Å². The molecule has 0 saturated heterocycles. The summed E-state index contributed by atoms with van der Waals surface area (Å²) < 4.78 is 24.9. The minimum atomic E-state index is -3.59. The van der Waals surface area contributed by atoms with Gasteiger partial charge in [0.1, 0.15) is 0 Å². The van der Waals surface area contributed by atoms with Gasteiger partial charge in [0.05, 0.1) is 4.90 Å². The van der Waals surface area contributed by atoms with Crippen LogP contribution in [0.5, 0.6) is 0 Å². The molecule has 0 spiro atoms. The van der Waals surface area contributed by atoms with Crippen molar-refractivity contribution in [2.24, 2.45) is 16.4 Å². The van der Waals surface area contributed by atoms with E-state index in [0.29, 0.717) is 16.2 Å². The van der Waals surface area contributed by atoms with Crippen molar-refractivity contribution in [3.05, 3.63) is 29.3 Å². The highest BCUT2D eigenvalue weighted by Gasteiger charge is 2.28. The van der Waals surface area contributed by atoms with Gasteiger partial charge in [-0.2, -0.15) is 13.5 Å². The van der Waals surface area contributed by atoms with Gasteiger partial charge < -0.3 is 0 Å². The third kappa shape index (κ3) is 4.56. The van der Waals surface area contributed by atoms with Crippen LogP contribution < -0.4 is 4.83 Å². The van der Waals surface area contributed by atoms with Crippen molar-refractivity contribution in [2.45, 2.75) is 65.2 Å². The third-order valence-electron chi connectivity index (χ3n) is 4.74. The highest BCUT2D eigenvalue weighted by molar-refractivity contribution is 7.89. The molecule has 0 radical (unpaired) electrons. The summed E-state index contributed by atoms with van der Waals surface area (Å²) in [4.78, 5) is 2.74. The Morgan fingerprint density at radius 1 is 1.13 bits per heavy atom. The average Bonchev–Trinajstić information content (AvgIpc) is 2.47. The third-order valence-corrected chi connectivity index (χ3v) is 6.10. The van der Waals surface area contributed by atoms with Gasteiger partial charge in [-0.05, 0) is 68.1 Å². The minimum Gasteiger partial charge on any atom is -0.200 e. The van der Waals surface area contributed by atoms with Crippen LogP contribution >= 0.6 is 0 Å². The van der Waals surface area contributed by atoms with Gasteiger partial charge in [0.15, 0.2) is 0 Å². The maximum Gasteiger partial charge on any atom is 0.276 e. The normalized spacial score (nSPS) is 19.5. The second kappa shape index (κ2) is 6.63. The molecule has 1 saturated carbocycles. The van der Waals surface area contributed by atoms with Crippen LogP contribution in [0, 0.1) is 25.2 Å². The molecule has 23 heavy (non-hydrogen) atoms. The Kier molecular flexibility index (Phi) is 5.19. The van der Waals surface area contributed by atoms with E-state index in [4.69, 9.17) is 0 Å². The molecule has 1 aliphatic carbocycles. The van der Waals surface area contributed by atoms with Crippen molar-refractivity contribution in [2.75, 3.05) is 0 Å². The Hall–Kier alpha value is -1.36. The van der Waals surface area contributed by atoms with Crippen LogP contribution in [0.25, 0.3) is 0 Å². The fraction of sp³-hybridized carbons (Fsp3) is 0.611. The summed E-state index contributed by atoms with van der Waals surface area (Å²) in [7, 11) is -3.59. The van der Waals surface area contributed by atoms with Gasteiger partial charge in [0, 0.05) is 5.71 Å². The molecule has 4 nitrogen and oxygen atoms in total. The summed E-state index contributed by atoms with van der Waals surface area (Å²) in [6, 6.07) is 5.42. The summed E-state index contributed by atoms with van der Waals surface area (Å²) in [5.74, 6) is 0.678. The van der Waals surface area contributed by atoms with E-state index in [0.717, 1.165) is 42.5 Å². The van der Waals surface area contributed by atoms with E-state index in [9.17, 15) is 8.42 Å². The molecule has 0 unspecified atom stereocenters. The van der Waals surface area contributed by atoms with Gasteiger partial charge in [-0.1, -0.05) is 32.9 Å². The standard InChI is InChI=1S/C18H28N2O2S/c1-13-6-7-14(2)17(12-13)23(21,22)20-19-16-10-8-15(9-11-16)18(3,4)5/h6-7,12,15,20H,8-11H2,1-5H3. The molecule has 1 N–H and O–H groups in total. The maximum atomic E-state index is 12.5. The van der Waals surface area contributed by atoms with Crippen molar-refractivity contribution in [3.8, 4) is 0 Å². The highest BCUT2D eigenvalue weighted by Crippen LogP contribution is 2.36. The number of hydrogen-bond donors (Lipinski definition) is 1. The number of nitrogens with one attached hydrogen (secondary N) is 1. The second-order valence-corrected chi connectivity index (χ2v) is 9.31. The molecule has 0 aliphatic heterocycles. The van der Waals surface area contributed by atoms with Crippen LogP contribution in [0.4, 0.5) is 0 Å². The zero-order valence-corrected chi connectivity index (χ0v) is 15.6. The smallest absolute Gasteiger partial charge is 0.200 e. The molecule has 128 valence electrons. The molecule has 1 aromatic rings. The predicted molar refractivity (Wildman–Crippen MR) is 95.1 cm³/mol. The second-order valence-electron chi connectivity index (χ2n) is 7.68. The molecule has 0 bridgehead atoms. The molecule has 2 rings (SSSR count). The van der Waals surface area contributed by atoms with Gasteiger partial charge in [-0.3, -0.25) is 0 Å². The first-order valence-corrected chi connectivity index (χ1v) is 9.72. The first kappa shape index (κ1) is 18.0. The Bertz CT molecular complexity index is 690. The number of sulfonamides is 1. The van der Waals surface area contributed by atoms with Crippen LogP contribution in [0.2, 0.25) is 0 Å². The first-order valence-electron chi connectivity index (χ1n) is 8.24. The Labute approximate surface area is 140 Å². The van der Waals surface area contributed by atoms with Gasteiger partial charge in [-0.15, -0.1) is 0 Å². The van der Waals surface area contributed by atoms with Gasteiger partial charge in [0.2, 0.25) is 0 Å². The van der Waals surface area contributed by atoms with Gasteiger partial charge >= 0.3 is 0 Å². The Morgan fingerprint density at radius 2 is 1.74 bits per heavy atom. The molecule has 1 aliphatic rings. The quantitative estimate of drug-likeness (QED) is 0.842. The number of aryl methyl sites for hydroxylation is 2. The fourth-order valence-corrected chi connectivity index (χ4v) is 4.28. The largest absolute Gasteiger partial charge is 0.276 e.